The Kier molecular flexibility index (Phi) is 4.14. The van der Waals surface area contributed by atoms with Crippen molar-refractivity contribution in [2.24, 2.45) is 0 Å². The maximum Gasteiger partial charge on any atom is 0.494 e. The van der Waals surface area contributed by atoms with Crippen LogP contribution in [0.1, 0.15) is 58.9 Å². The fourth-order valence-corrected chi connectivity index (χ4v) is 4.29. The van der Waals surface area contributed by atoms with Crippen molar-refractivity contribution in [3.63, 3.8) is 0 Å². The molecule has 0 spiro atoms. The van der Waals surface area contributed by atoms with E-state index in [1.807, 2.05) is 0 Å². The number of likely N-dealkylation sites (N-methyl/N-ethyl adjacent to an activating group) is 1. The molecule has 2 unspecified atom stereocenters. The summed E-state index contributed by atoms with van der Waals surface area (Å²) in [6, 6.07) is 10.2. The van der Waals surface area contributed by atoms with Gasteiger partial charge in [0.2, 0.25) is 0 Å². The topological polar surface area (TPSA) is 21.7 Å². The average molecular weight is 339 g/mol. The third-order valence-corrected chi connectivity index (χ3v) is 6.79. The number of fused-ring (bicyclic) bond motifs is 2. The molecule has 4 rings (SSSR count). The first kappa shape index (κ1) is 17.3. The lowest BCUT2D eigenvalue weighted by molar-refractivity contribution is 0.00578. The molecular weight excluding hydrogens is 309 g/mol. The Morgan fingerprint density at radius 1 is 1.00 bits per heavy atom. The molecule has 0 aliphatic carbocycles. The molecule has 2 saturated heterocycles. The lowest BCUT2D eigenvalue weighted by atomic mass is 9.77. The smallest absolute Gasteiger partial charge is 0.399 e. The molecule has 3 nitrogen and oxygen atoms in total. The molecule has 0 radical (unpaired) electrons. The van der Waals surface area contributed by atoms with E-state index in [0.717, 1.165) is 5.46 Å². The predicted molar refractivity (Wildman–Crippen MR) is 104 cm³/mol. The second kappa shape index (κ2) is 5.97. The molecule has 134 valence electrons. The maximum absolute atomic E-state index is 6.17. The van der Waals surface area contributed by atoms with Crippen LogP contribution in [0, 0.1) is 0 Å². The summed E-state index contributed by atoms with van der Waals surface area (Å²) in [6.07, 6.45) is 7.64. The first-order chi connectivity index (χ1) is 11.8. The molecule has 3 aliphatic heterocycles. The van der Waals surface area contributed by atoms with E-state index in [1.165, 1.54) is 36.8 Å². The van der Waals surface area contributed by atoms with Gasteiger partial charge < -0.3 is 9.31 Å². The van der Waals surface area contributed by atoms with Gasteiger partial charge in [0.15, 0.2) is 0 Å². The van der Waals surface area contributed by atoms with Crippen LogP contribution >= 0.6 is 0 Å². The van der Waals surface area contributed by atoms with Gasteiger partial charge in [0, 0.05) is 12.1 Å². The summed E-state index contributed by atoms with van der Waals surface area (Å²) in [5.41, 5.74) is 3.39. The van der Waals surface area contributed by atoms with Crippen LogP contribution in [0.25, 0.3) is 5.57 Å². The lowest BCUT2D eigenvalue weighted by Gasteiger charge is -2.42. The van der Waals surface area contributed by atoms with Crippen LogP contribution in [0.4, 0.5) is 0 Å². The molecule has 0 amide bonds. The SMILES string of the molecule is CN1C2C=C(c3ccc(B4OC(C)(C)C(C)(C)O4)cc3)CC1CCC2. The highest BCUT2D eigenvalue weighted by atomic mass is 16.7. The maximum atomic E-state index is 6.17. The van der Waals surface area contributed by atoms with Gasteiger partial charge >= 0.3 is 7.12 Å². The van der Waals surface area contributed by atoms with Crippen LogP contribution in [-0.2, 0) is 9.31 Å². The first-order valence-electron chi connectivity index (χ1n) is 9.65. The predicted octanol–water partition coefficient (Wildman–Crippen LogP) is 3.63. The molecule has 3 heterocycles. The van der Waals surface area contributed by atoms with Crippen LogP contribution in [0.3, 0.4) is 0 Å². The minimum atomic E-state index is -0.287. The van der Waals surface area contributed by atoms with Crippen LogP contribution in [0.15, 0.2) is 30.3 Å². The third-order valence-electron chi connectivity index (χ3n) is 6.79. The van der Waals surface area contributed by atoms with E-state index in [2.05, 4.69) is 70.0 Å². The van der Waals surface area contributed by atoms with Crippen molar-refractivity contribution in [2.75, 3.05) is 7.05 Å². The van der Waals surface area contributed by atoms with E-state index in [1.54, 1.807) is 0 Å². The standard InChI is InChI=1S/C21H30BNO2/c1-20(2)21(3,4)25-22(24-20)17-11-9-15(10-12-17)16-13-18-7-6-8-19(14-16)23(18)5/h9-13,18-19H,6-8,14H2,1-5H3. The quantitative estimate of drug-likeness (QED) is 0.768. The molecule has 1 aromatic rings. The minimum Gasteiger partial charge on any atom is -0.399 e. The molecule has 1 aromatic carbocycles. The van der Waals surface area contributed by atoms with E-state index in [-0.39, 0.29) is 18.3 Å². The first-order valence-corrected chi connectivity index (χ1v) is 9.65. The van der Waals surface area contributed by atoms with Gasteiger partial charge in [-0.3, -0.25) is 4.90 Å². The third kappa shape index (κ3) is 2.99. The summed E-state index contributed by atoms with van der Waals surface area (Å²) in [4.78, 5) is 2.56. The summed E-state index contributed by atoms with van der Waals surface area (Å²) < 4.78 is 12.3. The number of hydrogen-bond acceptors (Lipinski definition) is 3. The normalized spacial score (nSPS) is 31.1. The van der Waals surface area contributed by atoms with E-state index in [9.17, 15) is 0 Å². The van der Waals surface area contributed by atoms with Gasteiger partial charge in [0.25, 0.3) is 0 Å². The molecule has 0 aromatic heterocycles. The molecule has 3 aliphatic rings. The van der Waals surface area contributed by atoms with Gasteiger partial charge in [-0.05, 0) is 70.6 Å². The largest absolute Gasteiger partial charge is 0.494 e. The molecule has 0 saturated carbocycles. The fraction of sp³-hybridized carbons (Fsp3) is 0.619. The van der Waals surface area contributed by atoms with Crippen molar-refractivity contribution < 1.29 is 9.31 Å². The molecule has 2 atom stereocenters. The van der Waals surface area contributed by atoms with Gasteiger partial charge in [-0.25, -0.2) is 0 Å². The number of nitrogens with zero attached hydrogens (tertiary/aromatic N) is 1. The van der Waals surface area contributed by atoms with E-state index >= 15 is 0 Å². The van der Waals surface area contributed by atoms with Crippen molar-refractivity contribution in [3.05, 3.63) is 35.9 Å². The van der Waals surface area contributed by atoms with Crippen LogP contribution in [0.5, 0.6) is 0 Å². The number of hydrogen-bond donors (Lipinski definition) is 0. The van der Waals surface area contributed by atoms with E-state index < -0.39 is 0 Å². The Balaban J connectivity index is 1.54. The fourth-order valence-electron chi connectivity index (χ4n) is 4.29. The highest BCUT2D eigenvalue weighted by molar-refractivity contribution is 6.62. The highest BCUT2D eigenvalue weighted by Gasteiger charge is 2.51. The van der Waals surface area contributed by atoms with Gasteiger partial charge in [-0.15, -0.1) is 0 Å². The Morgan fingerprint density at radius 2 is 1.64 bits per heavy atom. The van der Waals surface area contributed by atoms with Crippen molar-refractivity contribution in [1.29, 1.82) is 0 Å². The number of rotatable bonds is 2. The Morgan fingerprint density at radius 3 is 2.24 bits per heavy atom. The molecule has 25 heavy (non-hydrogen) atoms. The van der Waals surface area contributed by atoms with Crippen LogP contribution in [-0.4, -0.2) is 42.4 Å². The summed E-state index contributed by atoms with van der Waals surface area (Å²) in [6.45, 7) is 8.40. The average Bonchev–Trinajstić information content (AvgIpc) is 2.75. The summed E-state index contributed by atoms with van der Waals surface area (Å²) >= 11 is 0. The minimum absolute atomic E-state index is 0.273. The van der Waals surface area contributed by atoms with Gasteiger partial charge in [0.05, 0.1) is 11.2 Å². The van der Waals surface area contributed by atoms with Crippen molar-refractivity contribution >= 4 is 18.2 Å². The summed E-state index contributed by atoms with van der Waals surface area (Å²) in [5, 5.41) is 0. The monoisotopic (exact) mass is 339 g/mol. The number of piperidine rings is 1. The Hall–Kier alpha value is -1.10. The molecule has 2 bridgehead atoms. The van der Waals surface area contributed by atoms with E-state index in [4.69, 9.17) is 9.31 Å². The van der Waals surface area contributed by atoms with E-state index in [0.29, 0.717) is 12.1 Å². The second-order valence-electron chi connectivity index (χ2n) is 8.92. The zero-order valence-electron chi connectivity index (χ0n) is 16.2. The van der Waals surface area contributed by atoms with Crippen molar-refractivity contribution in [1.82, 2.24) is 4.90 Å². The molecule has 0 N–H and O–H groups in total. The summed E-state index contributed by atoms with van der Waals surface area (Å²) in [5.74, 6) is 0. The van der Waals surface area contributed by atoms with Gasteiger partial charge in [-0.2, -0.15) is 0 Å². The van der Waals surface area contributed by atoms with Crippen molar-refractivity contribution in [3.8, 4) is 0 Å². The second-order valence-corrected chi connectivity index (χ2v) is 8.92. The van der Waals surface area contributed by atoms with Crippen molar-refractivity contribution in [2.45, 2.75) is 76.7 Å². The van der Waals surface area contributed by atoms with Crippen LogP contribution in [0.2, 0.25) is 0 Å². The zero-order valence-corrected chi connectivity index (χ0v) is 16.2. The van der Waals surface area contributed by atoms with Gasteiger partial charge in [-0.1, -0.05) is 36.8 Å². The molecule has 2 fully saturated rings. The zero-order chi connectivity index (χ0) is 17.8. The number of benzene rings is 1. The Bertz CT molecular complexity index is 664. The Labute approximate surface area is 152 Å². The molecule has 4 heteroatoms. The van der Waals surface area contributed by atoms with Crippen LogP contribution < -0.4 is 5.46 Å². The van der Waals surface area contributed by atoms with Gasteiger partial charge in [0.1, 0.15) is 0 Å². The highest BCUT2D eigenvalue weighted by Crippen LogP contribution is 2.37. The summed E-state index contributed by atoms with van der Waals surface area (Å²) in [7, 11) is 2.01. The molecular formula is C21H30BNO2. The lowest BCUT2D eigenvalue weighted by Crippen LogP contribution is -2.45.